The molecule has 3 heterocycles. The van der Waals surface area contributed by atoms with Crippen LogP contribution in [0.15, 0.2) is 48.5 Å². The van der Waals surface area contributed by atoms with Gasteiger partial charge in [0, 0.05) is 29.8 Å². The standard InChI is InChI=1S/C25H26N4O3/c1-31-22-10-9-20-17(24(22)32-2)13-21(27-20)25(30)29-11-5-7-16(14-29)23-18(26)12-15-6-3-4-8-19(15)28-23/h3-4,6,8-10,12-13,16,27H,5,7,11,14,26H2,1-2H3/t16-/m1/s1. The summed E-state index contributed by atoms with van der Waals surface area (Å²) in [6, 6.07) is 15.5. The van der Waals surface area contributed by atoms with E-state index in [9.17, 15) is 4.79 Å². The molecule has 0 spiro atoms. The molecule has 0 radical (unpaired) electrons. The van der Waals surface area contributed by atoms with Gasteiger partial charge in [-0.15, -0.1) is 0 Å². The Labute approximate surface area is 186 Å². The predicted molar refractivity (Wildman–Crippen MR) is 125 cm³/mol. The van der Waals surface area contributed by atoms with Gasteiger partial charge in [0.05, 0.1) is 36.6 Å². The minimum atomic E-state index is -0.0359. The average Bonchev–Trinajstić information content (AvgIpc) is 3.27. The highest BCUT2D eigenvalue weighted by molar-refractivity contribution is 6.00. The summed E-state index contributed by atoms with van der Waals surface area (Å²) < 4.78 is 10.9. The van der Waals surface area contributed by atoms with Crippen molar-refractivity contribution in [3.63, 3.8) is 0 Å². The number of ether oxygens (including phenoxy) is 2. The molecule has 4 aromatic rings. The first-order chi connectivity index (χ1) is 15.6. The van der Waals surface area contributed by atoms with Crippen molar-refractivity contribution in [2.24, 2.45) is 0 Å². The van der Waals surface area contributed by atoms with Crippen LogP contribution in [-0.4, -0.2) is 48.1 Å². The molecule has 5 rings (SSSR count). The van der Waals surface area contributed by atoms with Gasteiger partial charge in [-0.2, -0.15) is 0 Å². The Morgan fingerprint density at radius 2 is 2.00 bits per heavy atom. The first kappa shape index (κ1) is 20.2. The highest BCUT2D eigenvalue weighted by Gasteiger charge is 2.29. The number of hydrogen-bond acceptors (Lipinski definition) is 5. The minimum absolute atomic E-state index is 0.0359. The third kappa shape index (κ3) is 3.39. The van der Waals surface area contributed by atoms with E-state index in [2.05, 4.69) is 4.98 Å². The van der Waals surface area contributed by atoms with Crippen LogP contribution in [0.3, 0.4) is 0 Å². The number of piperidine rings is 1. The number of nitrogens with one attached hydrogen (secondary N) is 1. The van der Waals surface area contributed by atoms with Gasteiger partial charge in [0.2, 0.25) is 0 Å². The number of aromatic amines is 1. The zero-order valence-corrected chi connectivity index (χ0v) is 18.2. The molecule has 0 bridgehead atoms. The molecule has 7 nitrogen and oxygen atoms in total. The number of rotatable bonds is 4. The summed E-state index contributed by atoms with van der Waals surface area (Å²) in [7, 11) is 3.20. The van der Waals surface area contributed by atoms with Crippen LogP contribution in [0.2, 0.25) is 0 Å². The zero-order valence-electron chi connectivity index (χ0n) is 18.2. The molecule has 0 aliphatic carbocycles. The van der Waals surface area contributed by atoms with E-state index in [0.717, 1.165) is 40.3 Å². The Hall–Kier alpha value is -3.74. The van der Waals surface area contributed by atoms with Crippen LogP contribution in [-0.2, 0) is 0 Å². The summed E-state index contributed by atoms with van der Waals surface area (Å²) in [5.74, 6) is 1.32. The third-order valence-electron chi connectivity index (χ3n) is 6.25. The number of nitrogens with zero attached hydrogens (tertiary/aromatic N) is 2. The molecule has 32 heavy (non-hydrogen) atoms. The maximum Gasteiger partial charge on any atom is 0.270 e. The Bertz CT molecular complexity index is 1310. The number of H-pyrrole nitrogens is 1. The summed E-state index contributed by atoms with van der Waals surface area (Å²) >= 11 is 0. The van der Waals surface area contributed by atoms with Crippen molar-refractivity contribution in [2.45, 2.75) is 18.8 Å². The molecular formula is C25H26N4O3. The van der Waals surface area contributed by atoms with E-state index in [0.29, 0.717) is 36.0 Å². The van der Waals surface area contributed by atoms with E-state index < -0.39 is 0 Å². The summed E-state index contributed by atoms with van der Waals surface area (Å²) in [6.45, 7) is 1.29. The van der Waals surface area contributed by atoms with E-state index in [1.54, 1.807) is 14.2 Å². The summed E-state index contributed by atoms with van der Waals surface area (Å²) in [5, 5.41) is 1.85. The van der Waals surface area contributed by atoms with Crippen molar-refractivity contribution in [2.75, 3.05) is 33.0 Å². The van der Waals surface area contributed by atoms with Gasteiger partial charge >= 0.3 is 0 Å². The molecule has 1 aliphatic heterocycles. The highest BCUT2D eigenvalue weighted by Crippen LogP contribution is 2.36. The lowest BCUT2D eigenvalue weighted by molar-refractivity contribution is 0.0701. The average molecular weight is 431 g/mol. The Balaban J connectivity index is 1.43. The highest BCUT2D eigenvalue weighted by atomic mass is 16.5. The van der Waals surface area contributed by atoms with Gasteiger partial charge in [-0.1, -0.05) is 18.2 Å². The monoisotopic (exact) mass is 430 g/mol. The number of benzene rings is 2. The lowest BCUT2D eigenvalue weighted by Crippen LogP contribution is -2.39. The second kappa shape index (κ2) is 8.07. The number of carbonyl (C=O) groups excluding carboxylic acids is 1. The normalized spacial score (nSPS) is 16.4. The Morgan fingerprint density at radius 3 is 2.81 bits per heavy atom. The van der Waals surface area contributed by atoms with Crippen molar-refractivity contribution in [1.82, 2.24) is 14.9 Å². The van der Waals surface area contributed by atoms with E-state index in [1.165, 1.54) is 0 Å². The SMILES string of the molecule is COc1ccc2[nH]c(C(=O)N3CCC[C@@H](c4nc5ccccc5cc4N)C3)cc2c1OC. The molecule has 0 saturated carbocycles. The summed E-state index contributed by atoms with van der Waals surface area (Å²) in [5.41, 5.74) is 10.2. The van der Waals surface area contributed by atoms with Crippen molar-refractivity contribution in [3.05, 3.63) is 59.9 Å². The number of fused-ring (bicyclic) bond motifs is 2. The van der Waals surface area contributed by atoms with E-state index in [4.69, 9.17) is 20.2 Å². The van der Waals surface area contributed by atoms with Crippen LogP contribution in [0.4, 0.5) is 5.69 Å². The van der Waals surface area contributed by atoms with Gasteiger partial charge in [0.25, 0.3) is 5.91 Å². The lowest BCUT2D eigenvalue weighted by Gasteiger charge is -2.32. The number of carbonyl (C=O) groups is 1. The fourth-order valence-corrected chi connectivity index (χ4v) is 4.67. The molecule has 1 amide bonds. The van der Waals surface area contributed by atoms with Gasteiger partial charge in [-0.05, 0) is 43.2 Å². The third-order valence-corrected chi connectivity index (χ3v) is 6.25. The number of pyridine rings is 1. The predicted octanol–water partition coefficient (Wildman–Crippen LogP) is 4.34. The largest absolute Gasteiger partial charge is 0.493 e. The van der Waals surface area contributed by atoms with Crippen LogP contribution < -0.4 is 15.2 Å². The van der Waals surface area contributed by atoms with Crippen LogP contribution in [0.5, 0.6) is 11.5 Å². The van der Waals surface area contributed by atoms with Gasteiger partial charge in [0.15, 0.2) is 11.5 Å². The fraction of sp³-hybridized carbons (Fsp3) is 0.280. The fourth-order valence-electron chi connectivity index (χ4n) is 4.67. The molecule has 2 aromatic heterocycles. The van der Waals surface area contributed by atoms with E-state index >= 15 is 0 Å². The zero-order chi connectivity index (χ0) is 22.2. The minimum Gasteiger partial charge on any atom is -0.493 e. The summed E-state index contributed by atoms with van der Waals surface area (Å²) in [4.78, 5) is 23.3. The Morgan fingerprint density at radius 1 is 1.16 bits per heavy atom. The van der Waals surface area contributed by atoms with Crippen LogP contribution in [0, 0.1) is 0 Å². The molecule has 2 aromatic carbocycles. The number of amides is 1. The number of methoxy groups -OCH3 is 2. The van der Waals surface area contributed by atoms with Crippen molar-refractivity contribution in [1.29, 1.82) is 0 Å². The van der Waals surface area contributed by atoms with Crippen molar-refractivity contribution < 1.29 is 14.3 Å². The number of nitrogen functional groups attached to an aromatic ring is 1. The van der Waals surface area contributed by atoms with Crippen LogP contribution >= 0.6 is 0 Å². The van der Waals surface area contributed by atoms with Crippen LogP contribution in [0.1, 0.15) is 34.9 Å². The molecule has 1 atom stereocenters. The van der Waals surface area contributed by atoms with Gasteiger partial charge in [-0.25, -0.2) is 0 Å². The van der Waals surface area contributed by atoms with Gasteiger partial charge in [0.1, 0.15) is 5.69 Å². The quantitative estimate of drug-likeness (QED) is 0.502. The number of nitrogens with two attached hydrogens (primary N) is 1. The topological polar surface area (TPSA) is 93.5 Å². The van der Waals surface area contributed by atoms with E-state index in [1.807, 2.05) is 53.4 Å². The number of hydrogen-bond donors (Lipinski definition) is 2. The van der Waals surface area contributed by atoms with Gasteiger partial charge in [-0.3, -0.25) is 9.78 Å². The number of aromatic nitrogens is 2. The first-order valence-electron chi connectivity index (χ1n) is 10.8. The molecular weight excluding hydrogens is 404 g/mol. The molecule has 1 fully saturated rings. The van der Waals surface area contributed by atoms with E-state index in [-0.39, 0.29) is 11.8 Å². The summed E-state index contributed by atoms with van der Waals surface area (Å²) in [6.07, 6.45) is 1.86. The van der Waals surface area contributed by atoms with Crippen molar-refractivity contribution in [3.8, 4) is 11.5 Å². The van der Waals surface area contributed by atoms with Crippen molar-refractivity contribution >= 4 is 33.4 Å². The second-order valence-electron chi connectivity index (χ2n) is 8.19. The Kier molecular flexibility index (Phi) is 5.09. The smallest absolute Gasteiger partial charge is 0.270 e. The number of likely N-dealkylation sites (tertiary alicyclic amines) is 1. The molecule has 0 unspecified atom stereocenters. The lowest BCUT2D eigenvalue weighted by atomic mass is 9.92. The molecule has 1 aliphatic rings. The van der Waals surface area contributed by atoms with Crippen LogP contribution in [0.25, 0.3) is 21.8 Å². The molecule has 3 N–H and O–H groups in total. The maximum absolute atomic E-state index is 13.4. The molecule has 1 saturated heterocycles. The molecule has 164 valence electrons. The molecule has 7 heteroatoms. The second-order valence-corrected chi connectivity index (χ2v) is 8.19. The number of anilines is 1. The number of para-hydroxylation sites is 1. The van der Waals surface area contributed by atoms with Gasteiger partial charge < -0.3 is 25.1 Å². The first-order valence-corrected chi connectivity index (χ1v) is 10.8. The maximum atomic E-state index is 13.4.